The average Bonchev–Trinajstić information content (AvgIpc) is 3.02. The van der Waals surface area contributed by atoms with Crippen LogP contribution in [0.4, 0.5) is 0 Å². The highest BCUT2D eigenvalue weighted by Gasteiger charge is 2.14. The van der Waals surface area contributed by atoms with Crippen LogP contribution >= 0.6 is 0 Å². The molecule has 4 rings (SSSR count). The van der Waals surface area contributed by atoms with Gasteiger partial charge in [-0.05, 0) is 97.3 Å². The van der Waals surface area contributed by atoms with Crippen molar-refractivity contribution in [2.75, 3.05) is 6.61 Å². The minimum atomic E-state index is -0.767. The third-order valence-electron chi connectivity index (χ3n) is 6.09. The van der Waals surface area contributed by atoms with E-state index in [0.29, 0.717) is 41.6 Å². The number of carbonyl (C=O) groups is 2. The topological polar surface area (TPSA) is 95.5 Å². The highest BCUT2D eigenvalue weighted by Crippen LogP contribution is 2.20. The maximum Gasteiger partial charge on any atom is 0.343 e. The van der Waals surface area contributed by atoms with Gasteiger partial charge in [-0.1, -0.05) is 43.7 Å². The Bertz CT molecular complexity index is 1440. The van der Waals surface area contributed by atoms with Crippen molar-refractivity contribution in [1.82, 2.24) is 5.43 Å². The summed E-state index contributed by atoms with van der Waals surface area (Å²) in [6.45, 7) is 4.85. The van der Waals surface area contributed by atoms with Crippen molar-refractivity contribution in [2.24, 2.45) is 5.10 Å². The van der Waals surface area contributed by atoms with Gasteiger partial charge in [0.25, 0.3) is 5.91 Å². The summed E-state index contributed by atoms with van der Waals surface area (Å²) in [7, 11) is 0. The molecule has 0 aliphatic heterocycles. The average molecular weight is 567 g/mol. The lowest BCUT2D eigenvalue weighted by Crippen LogP contribution is -2.33. The molecule has 0 saturated heterocycles. The molecule has 0 spiro atoms. The number of benzene rings is 4. The Morgan fingerprint density at radius 3 is 2.10 bits per heavy atom. The highest BCUT2D eigenvalue weighted by atomic mass is 16.5. The molecule has 1 amide bonds. The lowest BCUT2D eigenvalue weighted by molar-refractivity contribution is -0.127. The fraction of sp³-hybridized carbons (Fsp3) is 0.206. The predicted octanol–water partition coefficient (Wildman–Crippen LogP) is 6.58. The second-order valence-electron chi connectivity index (χ2n) is 9.42. The molecule has 4 aromatic carbocycles. The van der Waals surface area contributed by atoms with E-state index in [1.54, 1.807) is 79.7 Å². The Morgan fingerprint density at radius 2 is 1.40 bits per heavy atom. The van der Waals surface area contributed by atoms with Gasteiger partial charge in [-0.25, -0.2) is 10.2 Å². The van der Waals surface area contributed by atoms with Crippen LogP contribution in [0.15, 0.2) is 108 Å². The molecule has 1 atom stereocenters. The van der Waals surface area contributed by atoms with Crippen LogP contribution in [-0.2, 0) is 11.4 Å². The van der Waals surface area contributed by atoms with Gasteiger partial charge in [0.15, 0.2) is 6.10 Å². The monoisotopic (exact) mass is 566 g/mol. The van der Waals surface area contributed by atoms with Gasteiger partial charge >= 0.3 is 5.97 Å². The summed E-state index contributed by atoms with van der Waals surface area (Å²) in [6.07, 6.45) is 2.76. The van der Waals surface area contributed by atoms with Crippen molar-refractivity contribution in [3.05, 3.63) is 120 Å². The highest BCUT2D eigenvalue weighted by molar-refractivity contribution is 5.91. The smallest absolute Gasteiger partial charge is 0.343 e. The lowest BCUT2D eigenvalue weighted by atomic mass is 10.2. The fourth-order valence-corrected chi connectivity index (χ4v) is 3.68. The summed E-state index contributed by atoms with van der Waals surface area (Å²) in [4.78, 5) is 24.9. The van der Waals surface area contributed by atoms with Crippen LogP contribution < -0.4 is 24.4 Å². The number of unbranched alkanes of at least 4 members (excludes halogenated alkanes) is 1. The molecule has 0 saturated carbocycles. The SMILES string of the molecule is CCCCOc1ccc(C(=O)Oc2ccc(/C=N\NC(=O)[C@@H](C)Oc3ccc(OCc4ccccc4)cc3)cc2)cc1. The van der Waals surface area contributed by atoms with Gasteiger partial charge in [0.2, 0.25) is 0 Å². The normalized spacial score (nSPS) is 11.5. The summed E-state index contributed by atoms with van der Waals surface area (Å²) in [5, 5.41) is 4.00. The van der Waals surface area contributed by atoms with Gasteiger partial charge in [0.1, 0.15) is 29.6 Å². The third-order valence-corrected chi connectivity index (χ3v) is 6.09. The van der Waals surface area contributed by atoms with E-state index in [2.05, 4.69) is 17.5 Å². The zero-order valence-electron chi connectivity index (χ0n) is 23.7. The van der Waals surface area contributed by atoms with E-state index >= 15 is 0 Å². The largest absolute Gasteiger partial charge is 0.494 e. The molecule has 0 fully saturated rings. The minimum Gasteiger partial charge on any atom is -0.494 e. The van der Waals surface area contributed by atoms with Gasteiger partial charge in [0, 0.05) is 0 Å². The van der Waals surface area contributed by atoms with Crippen molar-refractivity contribution in [3.8, 4) is 23.0 Å². The first kappa shape index (κ1) is 29.9. The van der Waals surface area contributed by atoms with Gasteiger partial charge in [-0.3, -0.25) is 4.79 Å². The Labute approximate surface area is 245 Å². The molecule has 216 valence electrons. The van der Waals surface area contributed by atoms with E-state index in [4.69, 9.17) is 18.9 Å². The first-order chi connectivity index (χ1) is 20.5. The van der Waals surface area contributed by atoms with Crippen LogP contribution in [0, 0.1) is 0 Å². The molecular formula is C34H34N2O6. The van der Waals surface area contributed by atoms with E-state index in [1.165, 1.54) is 6.21 Å². The van der Waals surface area contributed by atoms with Crippen LogP contribution in [0.1, 0.15) is 48.2 Å². The summed E-state index contributed by atoms with van der Waals surface area (Å²) >= 11 is 0. The van der Waals surface area contributed by atoms with Gasteiger partial charge in [-0.2, -0.15) is 5.10 Å². The van der Waals surface area contributed by atoms with Crippen molar-refractivity contribution < 1.29 is 28.5 Å². The summed E-state index contributed by atoms with van der Waals surface area (Å²) < 4.78 is 22.6. The summed E-state index contributed by atoms with van der Waals surface area (Å²) in [6, 6.07) is 30.6. The number of carbonyl (C=O) groups excluding carboxylic acids is 2. The van der Waals surface area contributed by atoms with Crippen LogP contribution in [0.2, 0.25) is 0 Å². The molecule has 0 aromatic heterocycles. The molecule has 42 heavy (non-hydrogen) atoms. The van der Waals surface area contributed by atoms with Gasteiger partial charge in [0.05, 0.1) is 18.4 Å². The van der Waals surface area contributed by atoms with Crippen LogP contribution in [0.25, 0.3) is 0 Å². The molecular weight excluding hydrogens is 532 g/mol. The van der Waals surface area contributed by atoms with Crippen LogP contribution in [0.3, 0.4) is 0 Å². The molecule has 0 radical (unpaired) electrons. The number of esters is 1. The maximum atomic E-state index is 12.5. The molecule has 0 aliphatic carbocycles. The van der Waals surface area contributed by atoms with Crippen molar-refractivity contribution in [1.29, 1.82) is 0 Å². The number of rotatable bonds is 14. The van der Waals surface area contributed by atoms with E-state index in [9.17, 15) is 9.59 Å². The quantitative estimate of drug-likeness (QED) is 0.0609. The molecule has 8 heteroatoms. The Hall–Kier alpha value is -5.11. The third kappa shape index (κ3) is 9.52. The molecule has 4 aromatic rings. The van der Waals surface area contributed by atoms with Crippen molar-refractivity contribution in [2.45, 2.75) is 39.4 Å². The van der Waals surface area contributed by atoms with E-state index < -0.39 is 18.0 Å². The number of hydrogen-bond acceptors (Lipinski definition) is 7. The van der Waals surface area contributed by atoms with Gasteiger partial charge < -0.3 is 18.9 Å². The summed E-state index contributed by atoms with van der Waals surface area (Å²) in [5.74, 6) is 1.49. The predicted molar refractivity (Wildman–Crippen MR) is 161 cm³/mol. The number of nitrogens with zero attached hydrogens (tertiary/aromatic N) is 1. The molecule has 0 heterocycles. The molecule has 0 bridgehead atoms. The zero-order valence-corrected chi connectivity index (χ0v) is 23.7. The van der Waals surface area contributed by atoms with Gasteiger partial charge in [-0.15, -0.1) is 0 Å². The first-order valence-corrected chi connectivity index (χ1v) is 13.8. The number of nitrogens with one attached hydrogen (secondary N) is 1. The number of amides is 1. The van der Waals surface area contributed by atoms with E-state index in [1.807, 2.05) is 30.3 Å². The number of ether oxygens (including phenoxy) is 4. The maximum absolute atomic E-state index is 12.5. The molecule has 0 unspecified atom stereocenters. The molecule has 1 N–H and O–H groups in total. The lowest BCUT2D eigenvalue weighted by Gasteiger charge is -2.13. The van der Waals surface area contributed by atoms with Crippen molar-refractivity contribution in [3.63, 3.8) is 0 Å². The number of hydrogen-bond donors (Lipinski definition) is 1. The fourth-order valence-electron chi connectivity index (χ4n) is 3.68. The Morgan fingerprint density at radius 1 is 0.786 bits per heavy atom. The Kier molecular flexibility index (Phi) is 11.1. The van der Waals surface area contributed by atoms with Crippen molar-refractivity contribution >= 4 is 18.1 Å². The minimum absolute atomic E-state index is 0.392. The zero-order chi connectivity index (χ0) is 29.6. The van der Waals surface area contributed by atoms with E-state index in [0.717, 1.165) is 24.2 Å². The second-order valence-corrected chi connectivity index (χ2v) is 9.42. The Balaban J connectivity index is 1.19. The van der Waals surface area contributed by atoms with Crippen LogP contribution in [0.5, 0.6) is 23.0 Å². The first-order valence-electron chi connectivity index (χ1n) is 13.8. The van der Waals surface area contributed by atoms with E-state index in [-0.39, 0.29) is 0 Å². The number of hydrazone groups is 1. The standard InChI is InChI=1S/C34H34N2O6/c1-3-4-22-39-29-16-12-28(13-17-29)34(38)42-32-14-10-26(11-15-32)23-35-36-33(37)25(2)41-31-20-18-30(19-21-31)40-24-27-8-6-5-7-9-27/h5-21,23,25H,3-4,22,24H2,1-2H3,(H,36,37)/b35-23-/t25-/m1/s1. The van der Waals surface area contributed by atoms with Crippen LogP contribution in [-0.4, -0.2) is 30.8 Å². The molecule has 0 aliphatic rings. The molecule has 8 nitrogen and oxygen atoms in total. The second kappa shape index (κ2) is 15.6. The summed E-state index contributed by atoms with van der Waals surface area (Å²) in [5.41, 5.74) is 4.69.